The Kier molecular flexibility index (Phi) is 8.35. The third kappa shape index (κ3) is 7.21. The summed E-state index contributed by atoms with van der Waals surface area (Å²) in [6.45, 7) is 5.25. The second-order valence-corrected chi connectivity index (χ2v) is 5.80. The van der Waals surface area contributed by atoms with Crippen LogP contribution in [-0.4, -0.2) is 66.6 Å². The number of hydrogen-bond acceptors (Lipinski definition) is 11. The minimum Gasteiger partial charge on any atom is -0.466 e. The second kappa shape index (κ2) is 10.2. The molecule has 0 aromatic rings. The molecule has 1 fully saturated rings. The van der Waals surface area contributed by atoms with Crippen LogP contribution < -0.4 is 5.32 Å². The Balaban J connectivity index is 3.37. The number of nitrogens with one attached hydrogen (secondary N) is 1. The van der Waals surface area contributed by atoms with Gasteiger partial charge in [-0.2, -0.15) is 0 Å². The van der Waals surface area contributed by atoms with Crippen molar-refractivity contribution < 1.29 is 47.8 Å². The highest BCUT2D eigenvalue weighted by Crippen LogP contribution is 2.25. The maximum Gasteiger partial charge on any atom is 0.332 e. The summed E-state index contributed by atoms with van der Waals surface area (Å²) < 4.78 is 20.8. The zero-order chi connectivity index (χ0) is 21.4. The van der Waals surface area contributed by atoms with Crippen molar-refractivity contribution in [2.75, 3.05) is 6.61 Å². The zero-order valence-corrected chi connectivity index (χ0v) is 16.0. The van der Waals surface area contributed by atoms with E-state index in [1.807, 2.05) is 0 Å². The number of nitrogens with zero attached hydrogens (tertiary/aromatic N) is 1. The molecule has 1 saturated heterocycles. The van der Waals surface area contributed by atoms with E-state index in [1.165, 1.54) is 6.92 Å². The van der Waals surface area contributed by atoms with Crippen LogP contribution >= 0.6 is 0 Å². The fraction of sp³-hybridized carbons (Fsp3) is 0.625. The lowest BCUT2D eigenvalue weighted by atomic mass is 9.96. The van der Waals surface area contributed by atoms with E-state index in [0.29, 0.717) is 0 Å². The Bertz CT molecular complexity index is 674. The lowest BCUT2D eigenvalue weighted by molar-refractivity contribution is -0.186. The molecular formula is C16H22N2O10. The number of carbonyl (C=O) groups is 5. The molecule has 0 spiro atoms. The van der Waals surface area contributed by atoms with Crippen molar-refractivity contribution in [1.29, 1.82) is 0 Å². The number of ether oxygens (including phenoxy) is 4. The second-order valence-electron chi connectivity index (χ2n) is 5.80. The smallest absolute Gasteiger partial charge is 0.332 e. The molecule has 4 unspecified atom stereocenters. The summed E-state index contributed by atoms with van der Waals surface area (Å²) in [6, 6.07) is -1.24. The highest BCUT2D eigenvalue weighted by atomic mass is 16.7. The van der Waals surface area contributed by atoms with Crippen molar-refractivity contribution in [2.45, 2.75) is 59.0 Å². The minimum atomic E-state index is -1.30. The molecule has 1 amide bonds. The number of amides is 1. The van der Waals surface area contributed by atoms with E-state index in [-0.39, 0.29) is 5.90 Å². The van der Waals surface area contributed by atoms with Crippen LogP contribution in [0.15, 0.2) is 5.16 Å². The van der Waals surface area contributed by atoms with Crippen LogP contribution in [0, 0.1) is 0 Å². The first-order chi connectivity index (χ1) is 13.0. The summed E-state index contributed by atoms with van der Waals surface area (Å²) in [4.78, 5) is 61.5. The number of carbonyl (C=O) groups excluding carboxylic acids is 5. The molecule has 1 heterocycles. The Hall–Kier alpha value is -3.18. The molecule has 28 heavy (non-hydrogen) atoms. The molecule has 0 aromatic carbocycles. The van der Waals surface area contributed by atoms with E-state index in [1.54, 1.807) is 0 Å². The van der Waals surface area contributed by atoms with Crippen molar-refractivity contribution in [3.8, 4) is 0 Å². The summed E-state index contributed by atoms with van der Waals surface area (Å²) in [5.74, 6) is -3.80. The number of oxime groups is 1. The fourth-order valence-corrected chi connectivity index (χ4v) is 2.38. The van der Waals surface area contributed by atoms with Crippen molar-refractivity contribution >= 4 is 35.7 Å². The third-order valence-corrected chi connectivity index (χ3v) is 3.23. The van der Waals surface area contributed by atoms with Crippen LogP contribution in [0.25, 0.3) is 0 Å². The predicted molar refractivity (Wildman–Crippen MR) is 89.4 cm³/mol. The SMILES string of the molecule is CC(=O)NC1C(=NOC(C)=O)OC(COC(C)=O)C(OC(C)=O)C1OC(C)=O. The van der Waals surface area contributed by atoms with Gasteiger partial charge in [-0.1, -0.05) is 0 Å². The summed E-state index contributed by atoms with van der Waals surface area (Å²) in [7, 11) is 0. The van der Waals surface area contributed by atoms with Crippen LogP contribution in [0.5, 0.6) is 0 Å². The first kappa shape index (κ1) is 22.9. The van der Waals surface area contributed by atoms with Crippen molar-refractivity contribution in [1.82, 2.24) is 5.32 Å². The lowest BCUT2D eigenvalue weighted by Gasteiger charge is -2.41. The van der Waals surface area contributed by atoms with Crippen LogP contribution in [-0.2, 0) is 47.8 Å². The van der Waals surface area contributed by atoms with Gasteiger partial charge in [0.1, 0.15) is 12.6 Å². The van der Waals surface area contributed by atoms with Gasteiger partial charge in [-0.3, -0.25) is 19.2 Å². The van der Waals surface area contributed by atoms with Crippen molar-refractivity contribution in [2.24, 2.45) is 5.16 Å². The highest BCUT2D eigenvalue weighted by molar-refractivity contribution is 5.89. The van der Waals surface area contributed by atoms with Gasteiger partial charge in [0.15, 0.2) is 18.3 Å². The largest absolute Gasteiger partial charge is 0.466 e. The molecule has 1 rings (SSSR count). The van der Waals surface area contributed by atoms with Gasteiger partial charge in [-0.15, -0.1) is 0 Å². The van der Waals surface area contributed by atoms with E-state index < -0.39 is 60.7 Å². The Labute approximate surface area is 160 Å². The van der Waals surface area contributed by atoms with E-state index in [2.05, 4.69) is 15.3 Å². The quantitative estimate of drug-likeness (QED) is 0.258. The molecule has 1 aliphatic heterocycles. The van der Waals surface area contributed by atoms with Gasteiger partial charge >= 0.3 is 23.9 Å². The fourth-order valence-electron chi connectivity index (χ4n) is 2.38. The Morgan fingerprint density at radius 3 is 1.93 bits per heavy atom. The lowest BCUT2D eigenvalue weighted by Crippen LogP contribution is -2.64. The Morgan fingerprint density at radius 2 is 1.46 bits per heavy atom. The van der Waals surface area contributed by atoms with E-state index in [4.69, 9.17) is 18.9 Å². The monoisotopic (exact) mass is 402 g/mol. The van der Waals surface area contributed by atoms with Crippen molar-refractivity contribution in [3.63, 3.8) is 0 Å². The van der Waals surface area contributed by atoms with Gasteiger partial charge in [0.2, 0.25) is 5.91 Å². The van der Waals surface area contributed by atoms with Gasteiger partial charge in [0.05, 0.1) is 0 Å². The van der Waals surface area contributed by atoms with Crippen LogP contribution in [0.1, 0.15) is 34.6 Å². The summed E-state index contributed by atoms with van der Waals surface area (Å²) >= 11 is 0. The highest BCUT2D eigenvalue weighted by Gasteiger charge is 2.50. The zero-order valence-electron chi connectivity index (χ0n) is 16.0. The molecule has 0 saturated carbocycles. The standard InChI is InChI=1S/C16H22N2O10/c1-7(19)17-13-15(26-10(4)22)14(25-9(3)21)12(6-24-8(2)20)27-16(13)18-28-11(5)23/h12-15H,6H2,1-5H3,(H,17,19). The average Bonchev–Trinajstić information content (AvgIpc) is 2.54. The normalized spacial score (nSPS) is 25.1. The first-order valence-corrected chi connectivity index (χ1v) is 8.18. The average molecular weight is 402 g/mol. The molecule has 12 heteroatoms. The maximum atomic E-state index is 11.6. The maximum absolute atomic E-state index is 11.6. The summed E-state index contributed by atoms with van der Waals surface area (Å²) in [6.07, 6.45) is -3.71. The Morgan fingerprint density at radius 1 is 0.893 bits per heavy atom. The molecular weight excluding hydrogens is 380 g/mol. The first-order valence-electron chi connectivity index (χ1n) is 8.18. The molecule has 156 valence electrons. The predicted octanol–water partition coefficient (Wildman–Crippen LogP) is -0.807. The van der Waals surface area contributed by atoms with Gasteiger partial charge in [-0.25, -0.2) is 4.79 Å². The minimum absolute atomic E-state index is 0.336. The number of esters is 3. The molecule has 12 nitrogen and oxygen atoms in total. The van der Waals surface area contributed by atoms with Crippen molar-refractivity contribution in [3.05, 3.63) is 0 Å². The molecule has 4 atom stereocenters. The third-order valence-electron chi connectivity index (χ3n) is 3.23. The molecule has 0 radical (unpaired) electrons. The van der Waals surface area contributed by atoms with Crippen LogP contribution in [0.2, 0.25) is 0 Å². The molecule has 0 bridgehead atoms. The van der Waals surface area contributed by atoms with Crippen LogP contribution in [0.4, 0.5) is 0 Å². The number of rotatable bonds is 6. The van der Waals surface area contributed by atoms with Gasteiger partial charge in [0, 0.05) is 34.6 Å². The van der Waals surface area contributed by atoms with E-state index >= 15 is 0 Å². The summed E-state index contributed by atoms with van der Waals surface area (Å²) in [5, 5.41) is 5.96. The van der Waals surface area contributed by atoms with Gasteiger partial charge in [-0.05, 0) is 5.16 Å². The van der Waals surface area contributed by atoms with Gasteiger partial charge in [0.25, 0.3) is 5.90 Å². The van der Waals surface area contributed by atoms with Crippen LogP contribution in [0.3, 0.4) is 0 Å². The molecule has 0 aliphatic carbocycles. The van der Waals surface area contributed by atoms with Gasteiger partial charge < -0.3 is 29.1 Å². The van der Waals surface area contributed by atoms with E-state index in [9.17, 15) is 24.0 Å². The molecule has 1 aliphatic rings. The molecule has 0 aromatic heterocycles. The summed E-state index contributed by atoms with van der Waals surface area (Å²) in [5.41, 5.74) is 0. The topological polar surface area (TPSA) is 156 Å². The van der Waals surface area contributed by atoms with E-state index in [0.717, 1.165) is 27.7 Å². The number of hydrogen-bond donors (Lipinski definition) is 1. The molecule has 1 N–H and O–H groups in total.